The van der Waals surface area contributed by atoms with Crippen LogP contribution < -0.4 is 10.6 Å². The van der Waals surface area contributed by atoms with Crippen LogP contribution in [0.15, 0.2) is 24.3 Å². The van der Waals surface area contributed by atoms with Crippen molar-refractivity contribution in [3.8, 4) is 0 Å². The van der Waals surface area contributed by atoms with E-state index >= 15 is 0 Å². The number of benzene rings is 1. The highest BCUT2D eigenvalue weighted by molar-refractivity contribution is 7.15. The Hall–Kier alpha value is -1.99. The molecule has 1 aliphatic carbocycles. The molecule has 0 bridgehead atoms. The molecular weight excluding hydrogens is 312 g/mol. The molecule has 3 N–H and O–H groups in total. The number of aliphatic hydroxyl groups excluding tert-OH is 1. The molecule has 0 unspecified atom stereocenters. The zero-order chi connectivity index (χ0) is 16.4. The molecule has 2 atom stereocenters. The molecular formula is C16H20N4O2S. The van der Waals surface area contributed by atoms with Crippen molar-refractivity contribution in [3.05, 3.63) is 40.4 Å². The summed E-state index contributed by atoms with van der Waals surface area (Å²) in [6.07, 6.45) is 0.790. The summed E-state index contributed by atoms with van der Waals surface area (Å²) in [6, 6.07) is 6.98. The first-order valence-electron chi connectivity index (χ1n) is 7.68. The number of carbonyl (C=O) groups excluding carboxylic acids is 1. The van der Waals surface area contributed by atoms with Gasteiger partial charge < -0.3 is 10.4 Å². The molecule has 0 radical (unpaired) electrons. The van der Waals surface area contributed by atoms with Crippen LogP contribution in [0.3, 0.4) is 0 Å². The Labute approximate surface area is 139 Å². The van der Waals surface area contributed by atoms with Crippen molar-refractivity contribution >= 4 is 22.5 Å². The van der Waals surface area contributed by atoms with Crippen molar-refractivity contribution in [1.82, 2.24) is 15.5 Å². The average molecular weight is 332 g/mol. The van der Waals surface area contributed by atoms with Crippen LogP contribution in [0.2, 0.25) is 0 Å². The molecule has 6 nitrogen and oxygen atoms in total. The van der Waals surface area contributed by atoms with Crippen LogP contribution in [0, 0.1) is 5.92 Å². The molecule has 0 fully saturated rings. The van der Waals surface area contributed by atoms with E-state index < -0.39 is 12.1 Å². The number of carbonyl (C=O) groups is 1. The Morgan fingerprint density at radius 3 is 2.96 bits per heavy atom. The maximum atomic E-state index is 12.2. The first kappa shape index (κ1) is 15.9. The van der Waals surface area contributed by atoms with Crippen molar-refractivity contribution in [1.29, 1.82) is 0 Å². The summed E-state index contributed by atoms with van der Waals surface area (Å²) in [5.74, 6) is 0.495. The van der Waals surface area contributed by atoms with E-state index in [-0.39, 0.29) is 6.03 Å². The van der Waals surface area contributed by atoms with Crippen LogP contribution in [0.4, 0.5) is 9.93 Å². The van der Waals surface area contributed by atoms with Crippen LogP contribution in [0.5, 0.6) is 0 Å². The average Bonchev–Trinajstić information content (AvgIpc) is 3.03. The van der Waals surface area contributed by atoms with Gasteiger partial charge >= 0.3 is 6.03 Å². The Kier molecular flexibility index (Phi) is 4.58. The van der Waals surface area contributed by atoms with Gasteiger partial charge in [-0.2, -0.15) is 0 Å². The minimum absolute atomic E-state index is 0.377. The quantitative estimate of drug-likeness (QED) is 0.803. The van der Waals surface area contributed by atoms with E-state index in [1.54, 1.807) is 0 Å². The molecule has 1 aromatic carbocycles. The molecule has 1 aliphatic rings. The van der Waals surface area contributed by atoms with Crippen LogP contribution >= 0.6 is 11.3 Å². The monoisotopic (exact) mass is 332 g/mol. The third-order valence-corrected chi connectivity index (χ3v) is 4.62. The summed E-state index contributed by atoms with van der Waals surface area (Å²) in [7, 11) is 0. The first-order chi connectivity index (χ1) is 11.0. The number of rotatable bonds is 4. The number of anilines is 1. The molecule has 3 rings (SSSR count). The summed E-state index contributed by atoms with van der Waals surface area (Å²) in [4.78, 5) is 12.2. The maximum absolute atomic E-state index is 12.2. The number of aliphatic hydroxyl groups is 1. The molecule has 7 heteroatoms. The molecule has 23 heavy (non-hydrogen) atoms. The number of amides is 2. The summed E-state index contributed by atoms with van der Waals surface area (Å²) in [5, 5.41) is 25.1. The van der Waals surface area contributed by atoms with Crippen LogP contribution in [0.1, 0.15) is 36.0 Å². The second kappa shape index (κ2) is 6.64. The molecule has 1 heterocycles. The van der Waals surface area contributed by atoms with Gasteiger partial charge in [0.25, 0.3) is 0 Å². The summed E-state index contributed by atoms with van der Waals surface area (Å²) >= 11 is 1.38. The van der Waals surface area contributed by atoms with Crippen molar-refractivity contribution in [3.63, 3.8) is 0 Å². The normalized spacial score (nSPS) is 19.7. The van der Waals surface area contributed by atoms with Gasteiger partial charge in [-0.25, -0.2) is 4.79 Å². The lowest BCUT2D eigenvalue weighted by Gasteiger charge is -2.17. The van der Waals surface area contributed by atoms with Gasteiger partial charge in [0.15, 0.2) is 0 Å². The lowest BCUT2D eigenvalue weighted by Crippen LogP contribution is -2.36. The predicted octanol–water partition coefficient (Wildman–Crippen LogP) is 2.52. The van der Waals surface area contributed by atoms with Gasteiger partial charge in [-0.05, 0) is 17.0 Å². The van der Waals surface area contributed by atoms with Gasteiger partial charge in [-0.3, -0.25) is 5.32 Å². The topological polar surface area (TPSA) is 87.1 Å². The molecule has 0 aliphatic heterocycles. The highest BCUT2D eigenvalue weighted by Gasteiger charge is 2.32. The number of nitrogens with zero attached hydrogens (tertiary/aromatic N) is 2. The number of urea groups is 1. The predicted molar refractivity (Wildman–Crippen MR) is 89.5 cm³/mol. The number of nitrogens with one attached hydrogen (secondary N) is 2. The third kappa shape index (κ3) is 3.68. The molecule has 0 saturated carbocycles. The summed E-state index contributed by atoms with van der Waals surface area (Å²) in [5.41, 5.74) is 2.04. The van der Waals surface area contributed by atoms with Gasteiger partial charge in [0, 0.05) is 12.8 Å². The van der Waals surface area contributed by atoms with E-state index in [1.165, 1.54) is 11.3 Å². The fourth-order valence-electron chi connectivity index (χ4n) is 2.76. The second-order valence-corrected chi connectivity index (χ2v) is 7.21. The van der Waals surface area contributed by atoms with Gasteiger partial charge in [0.05, 0.1) is 12.1 Å². The standard InChI is InChI=1S/C16H20N4O2S/c1-9(2)7-13-19-20-16(23-13)18-15(22)17-14-11-6-4-3-5-10(11)8-12(14)21/h3-6,9,12,14,21H,7-8H2,1-2H3,(H2,17,18,20,22)/t12-,14+/m0/s1. The van der Waals surface area contributed by atoms with Crippen molar-refractivity contribution < 1.29 is 9.90 Å². The Bertz CT molecular complexity index is 701. The van der Waals surface area contributed by atoms with Crippen molar-refractivity contribution in [2.75, 3.05) is 5.32 Å². The number of hydrogen-bond donors (Lipinski definition) is 3. The van der Waals surface area contributed by atoms with Crippen molar-refractivity contribution in [2.24, 2.45) is 5.92 Å². The van der Waals surface area contributed by atoms with E-state index in [9.17, 15) is 9.90 Å². The van der Waals surface area contributed by atoms with E-state index in [0.717, 1.165) is 22.6 Å². The van der Waals surface area contributed by atoms with Gasteiger partial charge in [-0.1, -0.05) is 49.4 Å². The lowest BCUT2D eigenvalue weighted by molar-refractivity contribution is 0.144. The number of aromatic nitrogens is 2. The zero-order valence-corrected chi connectivity index (χ0v) is 13.9. The minimum atomic E-state index is -0.607. The molecule has 0 spiro atoms. The Morgan fingerprint density at radius 1 is 1.39 bits per heavy atom. The first-order valence-corrected chi connectivity index (χ1v) is 8.50. The lowest BCUT2D eigenvalue weighted by atomic mass is 10.1. The Morgan fingerprint density at radius 2 is 2.17 bits per heavy atom. The maximum Gasteiger partial charge on any atom is 0.321 e. The van der Waals surface area contributed by atoms with Crippen LogP contribution in [0.25, 0.3) is 0 Å². The van der Waals surface area contributed by atoms with E-state index in [4.69, 9.17) is 0 Å². The molecule has 1 aromatic heterocycles. The molecule has 0 saturated heterocycles. The summed E-state index contributed by atoms with van der Waals surface area (Å²) < 4.78 is 0. The number of hydrogen-bond acceptors (Lipinski definition) is 5. The second-order valence-electron chi connectivity index (χ2n) is 6.15. The van der Waals surface area contributed by atoms with Crippen LogP contribution in [-0.4, -0.2) is 27.4 Å². The van der Waals surface area contributed by atoms with Gasteiger partial charge in [-0.15, -0.1) is 10.2 Å². The molecule has 2 amide bonds. The third-order valence-electron chi connectivity index (χ3n) is 3.76. The number of fused-ring (bicyclic) bond motifs is 1. The summed E-state index contributed by atoms with van der Waals surface area (Å²) in [6.45, 7) is 4.22. The highest BCUT2D eigenvalue weighted by Crippen LogP contribution is 2.31. The molecule has 122 valence electrons. The van der Waals surface area contributed by atoms with E-state index in [2.05, 4.69) is 34.7 Å². The largest absolute Gasteiger partial charge is 0.390 e. The SMILES string of the molecule is CC(C)Cc1nnc(NC(=O)N[C@@H]2c3ccccc3C[C@@H]2O)s1. The van der Waals surface area contributed by atoms with E-state index in [0.29, 0.717) is 17.5 Å². The zero-order valence-electron chi connectivity index (χ0n) is 13.1. The Balaban J connectivity index is 1.62. The fraction of sp³-hybridized carbons (Fsp3) is 0.438. The van der Waals surface area contributed by atoms with Gasteiger partial charge in [0.1, 0.15) is 5.01 Å². The smallest absolute Gasteiger partial charge is 0.321 e. The van der Waals surface area contributed by atoms with Crippen molar-refractivity contribution in [2.45, 2.75) is 38.8 Å². The molecule has 2 aromatic rings. The fourth-order valence-corrected chi connectivity index (χ4v) is 3.71. The highest BCUT2D eigenvalue weighted by atomic mass is 32.1. The van der Waals surface area contributed by atoms with Crippen LogP contribution in [-0.2, 0) is 12.8 Å². The van der Waals surface area contributed by atoms with Gasteiger partial charge in [0.2, 0.25) is 5.13 Å². The van der Waals surface area contributed by atoms with E-state index in [1.807, 2.05) is 24.3 Å². The minimum Gasteiger partial charge on any atom is -0.390 e.